The Morgan fingerprint density at radius 1 is 1.21 bits per heavy atom. The second kappa shape index (κ2) is 10.1. The van der Waals surface area contributed by atoms with E-state index in [9.17, 15) is 0 Å². The molecule has 1 aromatic carbocycles. The van der Waals surface area contributed by atoms with Crippen molar-refractivity contribution in [3.8, 4) is 5.75 Å². The fraction of sp³-hybridized carbons (Fsp3) is 0.450. The van der Waals surface area contributed by atoms with Crippen molar-refractivity contribution in [1.29, 1.82) is 0 Å². The Morgan fingerprint density at radius 3 is 2.64 bits per heavy atom. The number of aliphatic imine (C=N–C) groups is 1. The Balaban J connectivity index is 1.55. The first kappa shape index (κ1) is 20.2. The number of hydrogen-bond acceptors (Lipinski definition) is 5. The molecule has 1 atom stereocenters. The first-order valence-corrected chi connectivity index (χ1v) is 10.0. The van der Waals surface area contributed by atoms with Gasteiger partial charge in [0.05, 0.1) is 6.54 Å². The number of hydrogen-bond donors (Lipinski definition) is 1. The standard InChI is InChI=1S/C20H27ClN6O/c1-3-22-19(25-15-16(2)28-18-7-4-6-17(21)14-18)26-10-12-27(13-11-26)20-23-8-5-9-24-20/h4-9,14,16H,3,10-13,15H2,1-2H3,(H,22,25). The third-order valence-corrected chi connectivity index (χ3v) is 4.62. The lowest BCUT2D eigenvalue weighted by molar-refractivity contribution is 0.229. The minimum Gasteiger partial charge on any atom is -0.489 e. The fourth-order valence-electron chi connectivity index (χ4n) is 3.02. The van der Waals surface area contributed by atoms with Crippen molar-refractivity contribution in [2.75, 3.05) is 44.2 Å². The van der Waals surface area contributed by atoms with Gasteiger partial charge in [0.25, 0.3) is 0 Å². The molecule has 0 amide bonds. The predicted octanol–water partition coefficient (Wildman–Crippen LogP) is 2.69. The highest BCUT2D eigenvalue weighted by Gasteiger charge is 2.21. The second-order valence-electron chi connectivity index (χ2n) is 6.60. The highest BCUT2D eigenvalue weighted by atomic mass is 35.5. The van der Waals surface area contributed by atoms with Crippen LogP contribution in [0.4, 0.5) is 5.95 Å². The zero-order chi connectivity index (χ0) is 19.8. The summed E-state index contributed by atoms with van der Waals surface area (Å²) in [7, 11) is 0. The summed E-state index contributed by atoms with van der Waals surface area (Å²) in [5.41, 5.74) is 0. The Kier molecular flexibility index (Phi) is 7.31. The maximum atomic E-state index is 6.02. The summed E-state index contributed by atoms with van der Waals surface area (Å²) < 4.78 is 5.92. The summed E-state index contributed by atoms with van der Waals surface area (Å²) in [6.07, 6.45) is 3.51. The quantitative estimate of drug-likeness (QED) is 0.592. The van der Waals surface area contributed by atoms with E-state index in [-0.39, 0.29) is 6.10 Å². The summed E-state index contributed by atoms with van der Waals surface area (Å²) in [6.45, 7) is 8.95. The van der Waals surface area contributed by atoms with Gasteiger partial charge < -0.3 is 19.9 Å². The molecule has 2 heterocycles. The van der Waals surface area contributed by atoms with Crippen molar-refractivity contribution < 1.29 is 4.74 Å². The maximum absolute atomic E-state index is 6.02. The monoisotopic (exact) mass is 402 g/mol. The molecular weight excluding hydrogens is 376 g/mol. The van der Waals surface area contributed by atoms with Gasteiger partial charge in [-0.1, -0.05) is 17.7 Å². The minimum atomic E-state index is -0.0499. The molecule has 0 spiro atoms. The van der Waals surface area contributed by atoms with E-state index >= 15 is 0 Å². The van der Waals surface area contributed by atoms with Crippen LogP contribution >= 0.6 is 11.6 Å². The van der Waals surface area contributed by atoms with E-state index < -0.39 is 0 Å². The number of nitrogens with zero attached hydrogens (tertiary/aromatic N) is 5. The summed E-state index contributed by atoms with van der Waals surface area (Å²) in [5.74, 6) is 2.46. The molecule has 1 unspecified atom stereocenters. The van der Waals surface area contributed by atoms with Crippen LogP contribution in [-0.4, -0.2) is 66.2 Å². The van der Waals surface area contributed by atoms with Crippen LogP contribution in [0.3, 0.4) is 0 Å². The van der Waals surface area contributed by atoms with E-state index in [1.54, 1.807) is 12.4 Å². The Hall–Kier alpha value is -2.54. The number of rotatable bonds is 6. The van der Waals surface area contributed by atoms with Crippen LogP contribution in [0.1, 0.15) is 13.8 Å². The van der Waals surface area contributed by atoms with Crippen molar-refractivity contribution in [3.63, 3.8) is 0 Å². The van der Waals surface area contributed by atoms with Gasteiger partial charge in [0.2, 0.25) is 5.95 Å². The number of halogens is 1. The summed E-state index contributed by atoms with van der Waals surface area (Å²) in [5, 5.41) is 4.05. The molecular formula is C20H27ClN6O. The molecule has 1 fully saturated rings. The molecule has 1 aliphatic rings. The lowest BCUT2D eigenvalue weighted by Crippen LogP contribution is -2.53. The Labute approximate surface area is 171 Å². The topological polar surface area (TPSA) is 65.9 Å². The zero-order valence-electron chi connectivity index (χ0n) is 16.4. The normalized spacial score (nSPS) is 16.0. The lowest BCUT2D eigenvalue weighted by atomic mass is 10.3. The molecule has 1 aromatic heterocycles. The molecule has 1 aliphatic heterocycles. The highest BCUT2D eigenvalue weighted by molar-refractivity contribution is 6.30. The van der Waals surface area contributed by atoms with Crippen LogP contribution in [0.25, 0.3) is 0 Å². The van der Waals surface area contributed by atoms with Gasteiger partial charge in [0.15, 0.2) is 5.96 Å². The Bertz CT molecular complexity index is 764. The molecule has 0 aliphatic carbocycles. The lowest BCUT2D eigenvalue weighted by Gasteiger charge is -2.36. The van der Waals surface area contributed by atoms with Gasteiger partial charge in [0.1, 0.15) is 11.9 Å². The van der Waals surface area contributed by atoms with Gasteiger partial charge in [0, 0.05) is 50.1 Å². The van der Waals surface area contributed by atoms with Gasteiger partial charge >= 0.3 is 0 Å². The van der Waals surface area contributed by atoms with Crippen molar-refractivity contribution >= 4 is 23.5 Å². The molecule has 3 rings (SSSR count). The molecule has 8 heteroatoms. The molecule has 150 valence electrons. The van der Waals surface area contributed by atoms with E-state index in [0.717, 1.165) is 50.4 Å². The number of benzene rings is 1. The molecule has 1 saturated heterocycles. The second-order valence-corrected chi connectivity index (χ2v) is 7.04. The number of piperazine rings is 1. The fourth-order valence-corrected chi connectivity index (χ4v) is 3.20. The molecule has 0 radical (unpaired) electrons. The zero-order valence-corrected chi connectivity index (χ0v) is 17.1. The van der Waals surface area contributed by atoms with E-state index in [2.05, 4.69) is 32.0 Å². The SMILES string of the molecule is CCNC(=NCC(C)Oc1cccc(Cl)c1)N1CCN(c2ncccn2)CC1. The van der Waals surface area contributed by atoms with E-state index in [4.69, 9.17) is 21.3 Å². The summed E-state index contributed by atoms with van der Waals surface area (Å²) >= 11 is 6.02. The smallest absolute Gasteiger partial charge is 0.225 e. The first-order valence-electron chi connectivity index (χ1n) is 9.63. The Morgan fingerprint density at radius 2 is 1.96 bits per heavy atom. The molecule has 7 nitrogen and oxygen atoms in total. The third-order valence-electron chi connectivity index (χ3n) is 4.38. The van der Waals surface area contributed by atoms with Crippen molar-refractivity contribution in [2.24, 2.45) is 4.99 Å². The van der Waals surface area contributed by atoms with Crippen molar-refractivity contribution in [2.45, 2.75) is 20.0 Å². The van der Waals surface area contributed by atoms with Crippen molar-refractivity contribution in [3.05, 3.63) is 47.7 Å². The average molecular weight is 403 g/mol. The van der Waals surface area contributed by atoms with E-state index in [0.29, 0.717) is 11.6 Å². The first-order chi connectivity index (χ1) is 13.7. The number of ether oxygens (including phenoxy) is 1. The highest BCUT2D eigenvalue weighted by Crippen LogP contribution is 2.18. The average Bonchev–Trinajstić information content (AvgIpc) is 2.72. The predicted molar refractivity (Wildman–Crippen MR) is 113 cm³/mol. The van der Waals surface area contributed by atoms with Crippen LogP contribution in [0, 0.1) is 0 Å². The van der Waals surface area contributed by atoms with Gasteiger partial charge in [-0.3, -0.25) is 0 Å². The van der Waals surface area contributed by atoms with Gasteiger partial charge in [-0.25, -0.2) is 15.0 Å². The molecule has 1 N–H and O–H groups in total. The summed E-state index contributed by atoms with van der Waals surface area (Å²) in [6, 6.07) is 9.27. The van der Waals surface area contributed by atoms with Crippen LogP contribution in [0.5, 0.6) is 5.75 Å². The minimum absolute atomic E-state index is 0.0499. The van der Waals surface area contributed by atoms with E-state index in [1.165, 1.54) is 0 Å². The molecule has 0 saturated carbocycles. The summed E-state index contributed by atoms with van der Waals surface area (Å²) in [4.78, 5) is 17.9. The largest absolute Gasteiger partial charge is 0.489 e. The number of nitrogens with one attached hydrogen (secondary N) is 1. The number of guanidine groups is 1. The van der Waals surface area contributed by atoms with Crippen LogP contribution in [-0.2, 0) is 0 Å². The van der Waals surface area contributed by atoms with Crippen LogP contribution in [0.15, 0.2) is 47.7 Å². The molecule has 2 aromatic rings. The maximum Gasteiger partial charge on any atom is 0.225 e. The van der Waals surface area contributed by atoms with Crippen molar-refractivity contribution in [1.82, 2.24) is 20.2 Å². The third kappa shape index (κ3) is 5.73. The van der Waals surface area contributed by atoms with E-state index in [1.807, 2.05) is 37.3 Å². The van der Waals surface area contributed by atoms with Gasteiger partial charge in [-0.05, 0) is 38.1 Å². The van der Waals surface area contributed by atoms with Gasteiger partial charge in [-0.2, -0.15) is 0 Å². The number of aromatic nitrogens is 2. The van der Waals surface area contributed by atoms with Crippen LogP contribution < -0.4 is 15.0 Å². The number of anilines is 1. The molecule has 28 heavy (non-hydrogen) atoms. The molecule has 0 bridgehead atoms. The van der Waals surface area contributed by atoms with Crippen LogP contribution in [0.2, 0.25) is 5.02 Å². The van der Waals surface area contributed by atoms with Gasteiger partial charge in [-0.15, -0.1) is 0 Å².